The second kappa shape index (κ2) is 4.65. The Morgan fingerprint density at radius 1 is 1.14 bits per heavy atom. The standard InChI is InChI=1S/C15H18N2O4/c1-15-7-10(12(13(18)16-15)14(19)17-15)9-6-8(20-2)4-5-11(9)21-3/h4-6,10,12H,7H2,1-3H3,(H,16,18)(H,17,19). The third kappa shape index (κ3) is 2.11. The van der Waals surface area contributed by atoms with Crippen LogP contribution in [0.25, 0.3) is 0 Å². The Hall–Kier alpha value is -2.24. The van der Waals surface area contributed by atoms with Gasteiger partial charge in [-0.25, -0.2) is 0 Å². The minimum atomic E-state index is -0.729. The van der Waals surface area contributed by atoms with Crippen LogP contribution in [0.4, 0.5) is 0 Å². The van der Waals surface area contributed by atoms with Crippen LogP contribution in [0.3, 0.4) is 0 Å². The van der Waals surface area contributed by atoms with Crippen molar-refractivity contribution in [2.45, 2.75) is 24.9 Å². The lowest BCUT2D eigenvalue weighted by atomic mass is 9.72. The zero-order valence-corrected chi connectivity index (χ0v) is 12.2. The van der Waals surface area contributed by atoms with Gasteiger partial charge in [-0.1, -0.05) is 0 Å². The van der Waals surface area contributed by atoms with E-state index < -0.39 is 11.6 Å². The molecule has 1 atom stereocenters. The van der Waals surface area contributed by atoms with Crippen LogP contribution in [0, 0.1) is 5.92 Å². The fourth-order valence-electron chi connectivity index (χ4n) is 3.29. The lowest BCUT2D eigenvalue weighted by Crippen LogP contribution is -2.72. The fourth-order valence-corrected chi connectivity index (χ4v) is 3.29. The molecule has 2 bridgehead atoms. The summed E-state index contributed by atoms with van der Waals surface area (Å²) in [5.41, 5.74) is 0.125. The van der Waals surface area contributed by atoms with E-state index in [0.29, 0.717) is 17.9 Å². The van der Waals surface area contributed by atoms with E-state index in [1.807, 2.05) is 13.0 Å². The van der Waals surface area contributed by atoms with E-state index in [2.05, 4.69) is 10.6 Å². The molecular weight excluding hydrogens is 272 g/mol. The lowest BCUT2D eigenvalue weighted by Gasteiger charge is -2.48. The Bertz CT molecular complexity index is 596. The Morgan fingerprint density at radius 3 is 2.33 bits per heavy atom. The normalized spacial score (nSPS) is 30.6. The van der Waals surface area contributed by atoms with Gasteiger partial charge in [0.1, 0.15) is 23.1 Å². The molecule has 6 heteroatoms. The summed E-state index contributed by atoms with van der Waals surface area (Å²) in [6.45, 7) is 1.82. The maximum Gasteiger partial charge on any atom is 0.235 e. The van der Waals surface area contributed by atoms with Gasteiger partial charge in [-0.2, -0.15) is 0 Å². The summed E-state index contributed by atoms with van der Waals surface area (Å²) in [6, 6.07) is 5.44. The van der Waals surface area contributed by atoms with Gasteiger partial charge in [0.05, 0.1) is 14.2 Å². The van der Waals surface area contributed by atoms with Gasteiger partial charge >= 0.3 is 0 Å². The number of hydrogen-bond acceptors (Lipinski definition) is 4. The molecule has 1 unspecified atom stereocenters. The van der Waals surface area contributed by atoms with Crippen molar-refractivity contribution in [3.05, 3.63) is 23.8 Å². The zero-order valence-electron chi connectivity index (χ0n) is 12.2. The molecule has 2 N–H and O–H groups in total. The molecule has 3 aliphatic heterocycles. The Morgan fingerprint density at radius 2 is 1.81 bits per heavy atom. The number of carbonyl (C=O) groups is 2. The highest BCUT2D eigenvalue weighted by molar-refractivity contribution is 6.05. The van der Waals surface area contributed by atoms with Gasteiger partial charge in [-0.3, -0.25) is 9.59 Å². The van der Waals surface area contributed by atoms with Gasteiger partial charge < -0.3 is 20.1 Å². The molecule has 4 rings (SSSR count). The molecule has 0 radical (unpaired) electrons. The Kier molecular flexibility index (Phi) is 3.04. The number of amides is 2. The summed E-state index contributed by atoms with van der Waals surface area (Å²) < 4.78 is 10.6. The number of ether oxygens (including phenoxy) is 2. The third-order valence-corrected chi connectivity index (χ3v) is 4.23. The second-order valence-corrected chi connectivity index (χ2v) is 5.71. The first kappa shape index (κ1) is 13.7. The van der Waals surface area contributed by atoms with Gasteiger partial charge in [-0.05, 0) is 31.5 Å². The summed E-state index contributed by atoms with van der Waals surface area (Å²) in [5, 5.41) is 5.69. The molecule has 0 aliphatic carbocycles. The molecule has 21 heavy (non-hydrogen) atoms. The fraction of sp³-hybridized carbons (Fsp3) is 0.467. The van der Waals surface area contributed by atoms with E-state index in [9.17, 15) is 9.59 Å². The van der Waals surface area contributed by atoms with Crippen LogP contribution in [0.5, 0.6) is 11.5 Å². The maximum atomic E-state index is 12.2. The van der Waals surface area contributed by atoms with Crippen LogP contribution in [0.1, 0.15) is 24.8 Å². The van der Waals surface area contributed by atoms with Gasteiger partial charge in [-0.15, -0.1) is 0 Å². The molecule has 6 nitrogen and oxygen atoms in total. The molecular formula is C15H18N2O4. The Balaban J connectivity index is 2.08. The lowest BCUT2D eigenvalue weighted by molar-refractivity contribution is -0.149. The van der Waals surface area contributed by atoms with E-state index in [1.165, 1.54) is 0 Å². The van der Waals surface area contributed by atoms with Crippen LogP contribution >= 0.6 is 0 Å². The summed E-state index contributed by atoms with van der Waals surface area (Å²) in [4.78, 5) is 24.3. The number of nitrogens with one attached hydrogen (secondary N) is 2. The first-order valence-corrected chi connectivity index (χ1v) is 6.83. The van der Waals surface area contributed by atoms with E-state index >= 15 is 0 Å². The minimum Gasteiger partial charge on any atom is -0.497 e. The molecule has 0 saturated carbocycles. The van der Waals surface area contributed by atoms with E-state index in [-0.39, 0.29) is 17.7 Å². The highest BCUT2D eigenvalue weighted by Crippen LogP contribution is 2.44. The molecule has 112 valence electrons. The number of rotatable bonds is 3. The zero-order chi connectivity index (χ0) is 15.2. The predicted molar refractivity (Wildman–Crippen MR) is 75.1 cm³/mol. The average Bonchev–Trinajstić information content (AvgIpc) is 2.44. The van der Waals surface area contributed by atoms with Crippen molar-refractivity contribution < 1.29 is 19.1 Å². The van der Waals surface area contributed by atoms with Gasteiger partial charge in [0, 0.05) is 11.5 Å². The van der Waals surface area contributed by atoms with Crippen LogP contribution < -0.4 is 20.1 Å². The summed E-state index contributed by atoms with van der Waals surface area (Å²) in [6.07, 6.45) is 0.624. The summed E-state index contributed by atoms with van der Waals surface area (Å²) >= 11 is 0. The van der Waals surface area contributed by atoms with E-state index in [1.54, 1.807) is 26.4 Å². The maximum absolute atomic E-state index is 12.2. The molecule has 0 aromatic heterocycles. The molecule has 2 amide bonds. The van der Waals surface area contributed by atoms with E-state index in [4.69, 9.17) is 9.47 Å². The average molecular weight is 290 g/mol. The van der Waals surface area contributed by atoms with Crippen molar-refractivity contribution in [1.82, 2.24) is 10.6 Å². The first-order chi connectivity index (χ1) is 9.97. The number of carbonyl (C=O) groups excluding carboxylic acids is 2. The summed E-state index contributed by atoms with van der Waals surface area (Å²) in [5.74, 6) is -0.0732. The molecule has 1 aromatic carbocycles. The molecule has 3 heterocycles. The Labute approximate surface area is 122 Å². The van der Waals surface area contributed by atoms with Gasteiger partial charge in [0.2, 0.25) is 11.8 Å². The van der Waals surface area contributed by atoms with Crippen molar-refractivity contribution in [3.63, 3.8) is 0 Å². The molecule has 3 aliphatic rings. The number of benzene rings is 1. The van der Waals surface area contributed by atoms with Gasteiger partial charge in [0.25, 0.3) is 0 Å². The van der Waals surface area contributed by atoms with Crippen LogP contribution in [0.15, 0.2) is 18.2 Å². The van der Waals surface area contributed by atoms with Crippen molar-refractivity contribution >= 4 is 11.8 Å². The smallest absolute Gasteiger partial charge is 0.235 e. The van der Waals surface area contributed by atoms with Crippen molar-refractivity contribution in [2.24, 2.45) is 5.92 Å². The third-order valence-electron chi connectivity index (χ3n) is 4.23. The number of piperidine rings is 2. The SMILES string of the molecule is COc1ccc(OC)c(C2CC3(C)NC(=O)C2C(=O)N3)c1. The van der Waals surface area contributed by atoms with Crippen LogP contribution in [0.2, 0.25) is 0 Å². The summed E-state index contributed by atoms with van der Waals surface area (Å²) in [7, 11) is 3.16. The van der Waals surface area contributed by atoms with Crippen LogP contribution in [-0.2, 0) is 9.59 Å². The molecule has 1 aromatic rings. The topological polar surface area (TPSA) is 76.7 Å². The highest BCUT2D eigenvalue weighted by Gasteiger charge is 2.53. The van der Waals surface area contributed by atoms with E-state index in [0.717, 1.165) is 5.56 Å². The monoisotopic (exact) mass is 290 g/mol. The molecule has 3 fully saturated rings. The minimum absolute atomic E-state index is 0.220. The highest BCUT2D eigenvalue weighted by atomic mass is 16.5. The van der Waals surface area contributed by atoms with Crippen molar-refractivity contribution in [1.29, 1.82) is 0 Å². The number of fused-ring (bicyclic) bond motifs is 3. The van der Waals surface area contributed by atoms with Crippen molar-refractivity contribution in [3.8, 4) is 11.5 Å². The second-order valence-electron chi connectivity index (χ2n) is 5.71. The molecule has 3 saturated heterocycles. The first-order valence-electron chi connectivity index (χ1n) is 6.83. The molecule has 0 spiro atoms. The number of hydrogen-bond donors (Lipinski definition) is 2. The van der Waals surface area contributed by atoms with Crippen molar-refractivity contribution in [2.75, 3.05) is 14.2 Å². The van der Waals surface area contributed by atoms with Gasteiger partial charge in [0.15, 0.2) is 0 Å². The predicted octanol–water partition coefficient (Wildman–Crippen LogP) is 0.769. The quantitative estimate of drug-likeness (QED) is 0.806. The number of methoxy groups -OCH3 is 2. The largest absolute Gasteiger partial charge is 0.497 e. The van der Waals surface area contributed by atoms with Crippen LogP contribution in [-0.4, -0.2) is 31.7 Å².